The van der Waals surface area contributed by atoms with Gasteiger partial charge in [-0.2, -0.15) is 5.26 Å². The van der Waals surface area contributed by atoms with Gasteiger partial charge in [0.2, 0.25) is 0 Å². The molecule has 0 aliphatic carbocycles. The van der Waals surface area contributed by atoms with Gasteiger partial charge in [0.25, 0.3) is 5.69 Å². The average Bonchev–Trinajstić information content (AvgIpc) is 2.26. The molecule has 0 atom stereocenters. The van der Waals surface area contributed by atoms with Crippen molar-refractivity contribution in [2.75, 3.05) is 7.11 Å². The van der Waals surface area contributed by atoms with E-state index in [1.807, 2.05) is 0 Å². The summed E-state index contributed by atoms with van der Waals surface area (Å²) >= 11 is 0. The molecule has 7 nitrogen and oxygen atoms in total. The summed E-state index contributed by atoms with van der Waals surface area (Å²) in [5.41, 5.74) is -1.16. The van der Waals surface area contributed by atoms with E-state index in [4.69, 9.17) is 5.26 Å². The fraction of sp³-hybridized carbons (Fsp3) is 0.111. The van der Waals surface area contributed by atoms with Crippen molar-refractivity contribution in [2.45, 2.75) is 0 Å². The van der Waals surface area contributed by atoms with E-state index in [0.29, 0.717) is 0 Å². The molecule has 0 unspecified atom stereocenters. The summed E-state index contributed by atoms with van der Waals surface area (Å²) in [6.45, 7) is 0. The normalized spacial score (nSPS) is 9.25. The summed E-state index contributed by atoms with van der Waals surface area (Å²) in [4.78, 5) is 20.9. The molecule has 0 aliphatic heterocycles. The third-order valence-corrected chi connectivity index (χ3v) is 1.82. The highest BCUT2D eigenvalue weighted by Gasteiger charge is 2.21. The van der Waals surface area contributed by atoms with Crippen LogP contribution in [0.5, 0.6) is 5.75 Å². The lowest BCUT2D eigenvalue weighted by atomic mass is 10.1. The van der Waals surface area contributed by atoms with Gasteiger partial charge in [0.05, 0.1) is 23.7 Å². The molecule has 0 spiro atoms. The number of carbonyl (C=O) groups is 1. The molecule has 0 radical (unpaired) electrons. The van der Waals surface area contributed by atoms with Crippen LogP contribution in [0.25, 0.3) is 0 Å². The van der Waals surface area contributed by atoms with Crippen molar-refractivity contribution in [3.05, 3.63) is 33.4 Å². The molecular formula is C9H6N2O5. The van der Waals surface area contributed by atoms with Gasteiger partial charge in [-0.05, 0) is 0 Å². The lowest BCUT2D eigenvalue weighted by Crippen LogP contribution is -2.05. The number of nitro groups is 1. The molecule has 1 rings (SSSR count). The van der Waals surface area contributed by atoms with Crippen molar-refractivity contribution in [1.82, 2.24) is 0 Å². The van der Waals surface area contributed by atoms with Crippen LogP contribution in [0.3, 0.4) is 0 Å². The Hall–Kier alpha value is -2.62. The number of methoxy groups -OCH3 is 1. The van der Waals surface area contributed by atoms with Gasteiger partial charge in [-0.1, -0.05) is 0 Å². The molecule has 0 amide bonds. The van der Waals surface area contributed by atoms with Gasteiger partial charge >= 0.3 is 5.97 Å². The Labute approximate surface area is 89.6 Å². The zero-order chi connectivity index (χ0) is 12.3. The first kappa shape index (κ1) is 11.5. The summed E-state index contributed by atoms with van der Waals surface area (Å²) in [7, 11) is 1.07. The van der Waals surface area contributed by atoms with Gasteiger partial charge in [0.1, 0.15) is 17.4 Å². The Morgan fingerprint density at radius 1 is 1.62 bits per heavy atom. The van der Waals surface area contributed by atoms with Gasteiger partial charge in [0, 0.05) is 6.07 Å². The molecule has 0 bridgehead atoms. The Bertz CT molecular complexity index is 503. The second kappa shape index (κ2) is 4.27. The second-order valence-electron chi connectivity index (χ2n) is 2.75. The molecule has 0 saturated heterocycles. The summed E-state index contributed by atoms with van der Waals surface area (Å²) in [5, 5.41) is 28.5. The largest absolute Gasteiger partial charge is 0.507 e. The van der Waals surface area contributed by atoms with Gasteiger partial charge in [-0.15, -0.1) is 0 Å². The molecule has 0 heterocycles. The number of nitriles is 1. The lowest BCUT2D eigenvalue weighted by Gasteiger charge is -2.04. The number of benzene rings is 1. The van der Waals surface area contributed by atoms with Crippen molar-refractivity contribution >= 4 is 11.7 Å². The number of nitro benzene ring substituents is 1. The van der Waals surface area contributed by atoms with Crippen LogP contribution in [0.1, 0.15) is 15.9 Å². The fourth-order valence-corrected chi connectivity index (χ4v) is 1.12. The topological polar surface area (TPSA) is 113 Å². The number of phenolic OH excluding ortho intramolecular Hbond substituents is 1. The molecular weight excluding hydrogens is 216 g/mol. The summed E-state index contributed by atoms with van der Waals surface area (Å²) < 4.78 is 4.34. The van der Waals surface area contributed by atoms with Gasteiger partial charge in [0.15, 0.2) is 0 Å². The monoisotopic (exact) mass is 222 g/mol. The number of aromatic hydroxyl groups is 1. The van der Waals surface area contributed by atoms with Crippen molar-refractivity contribution in [3.63, 3.8) is 0 Å². The zero-order valence-corrected chi connectivity index (χ0v) is 8.13. The molecule has 1 N–H and O–H groups in total. The average molecular weight is 222 g/mol. The van der Waals surface area contributed by atoms with Crippen molar-refractivity contribution in [3.8, 4) is 11.8 Å². The van der Waals surface area contributed by atoms with Crippen LogP contribution in [0.15, 0.2) is 12.1 Å². The predicted octanol–water partition coefficient (Wildman–Crippen LogP) is 0.959. The van der Waals surface area contributed by atoms with Crippen LogP contribution in [0.4, 0.5) is 5.69 Å². The maximum atomic E-state index is 11.2. The zero-order valence-electron chi connectivity index (χ0n) is 8.13. The molecule has 0 saturated carbocycles. The number of nitrogens with zero attached hydrogens (tertiary/aromatic N) is 2. The molecule has 0 aromatic heterocycles. The van der Waals surface area contributed by atoms with E-state index in [0.717, 1.165) is 19.2 Å². The van der Waals surface area contributed by atoms with Gasteiger partial charge < -0.3 is 9.84 Å². The Kier molecular flexibility index (Phi) is 3.06. The third kappa shape index (κ3) is 1.90. The first-order valence-corrected chi connectivity index (χ1v) is 4.01. The van der Waals surface area contributed by atoms with E-state index >= 15 is 0 Å². The number of ether oxygens (including phenoxy) is 1. The molecule has 0 aliphatic rings. The molecule has 1 aromatic carbocycles. The smallest absolute Gasteiger partial charge is 0.343 e. The van der Waals surface area contributed by atoms with Crippen LogP contribution in [0.2, 0.25) is 0 Å². The van der Waals surface area contributed by atoms with E-state index in [1.54, 1.807) is 6.07 Å². The number of hydrogen-bond donors (Lipinski definition) is 1. The van der Waals surface area contributed by atoms with Crippen LogP contribution >= 0.6 is 0 Å². The minimum Gasteiger partial charge on any atom is -0.507 e. The maximum Gasteiger partial charge on any atom is 0.343 e. The third-order valence-electron chi connectivity index (χ3n) is 1.82. The van der Waals surface area contributed by atoms with E-state index in [1.165, 1.54) is 0 Å². The molecule has 1 aromatic rings. The number of phenols is 1. The summed E-state index contributed by atoms with van der Waals surface area (Å²) in [6, 6.07) is 3.26. The summed E-state index contributed by atoms with van der Waals surface area (Å²) in [6.07, 6.45) is 0. The van der Waals surface area contributed by atoms with Crippen molar-refractivity contribution in [2.24, 2.45) is 0 Å². The van der Waals surface area contributed by atoms with Gasteiger partial charge in [-0.25, -0.2) is 4.79 Å². The van der Waals surface area contributed by atoms with E-state index < -0.39 is 22.3 Å². The number of carbonyl (C=O) groups excluding carboxylic acids is 1. The van der Waals surface area contributed by atoms with Crippen LogP contribution < -0.4 is 0 Å². The quantitative estimate of drug-likeness (QED) is 0.452. The van der Waals surface area contributed by atoms with Crippen molar-refractivity contribution in [1.29, 1.82) is 5.26 Å². The molecule has 82 valence electrons. The van der Waals surface area contributed by atoms with Crippen molar-refractivity contribution < 1.29 is 19.6 Å². The van der Waals surface area contributed by atoms with Gasteiger partial charge in [-0.3, -0.25) is 10.1 Å². The minimum atomic E-state index is -0.927. The Balaban J connectivity index is 3.48. The fourth-order valence-electron chi connectivity index (χ4n) is 1.12. The maximum absolute atomic E-state index is 11.2. The number of rotatable bonds is 2. The molecule has 7 heteroatoms. The molecule has 0 fully saturated rings. The predicted molar refractivity (Wildman–Crippen MR) is 50.8 cm³/mol. The number of hydrogen-bond acceptors (Lipinski definition) is 6. The summed E-state index contributed by atoms with van der Waals surface area (Å²) in [5.74, 6) is -1.58. The Morgan fingerprint density at radius 3 is 2.69 bits per heavy atom. The van der Waals surface area contributed by atoms with E-state index in [9.17, 15) is 20.0 Å². The minimum absolute atomic E-state index is 0.307. The highest BCUT2D eigenvalue weighted by molar-refractivity contribution is 5.95. The lowest BCUT2D eigenvalue weighted by molar-refractivity contribution is -0.385. The molecule has 16 heavy (non-hydrogen) atoms. The first-order valence-electron chi connectivity index (χ1n) is 4.01. The van der Waals surface area contributed by atoms with Crippen LogP contribution in [-0.2, 0) is 4.74 Å². The van der Waals surface area contributed by atoms with Crippen LogP contribution in [-0.4, -0.2) is 23.1 Å². The highest BCUT2D eigenvalue weighted by atomic mass is 16.6. The van der Waals surface area contributed by atoms with Crippen LogP contribution in [0, 0.1) is 21.4 Å². The highest BCUT2D eigenvalue weighted by Crippen LogP contribution is 2.27. The Morgan fingerprint density at radius 2 is 2.25 bits per heavy atom. The number of esters is 1. The number of non-ortho nitro benzene ring substituents is 1. The first-order chi connectivity index (χ1) is 7.51. The van der Waals surface area contributed by atoms with E-state index in [-0.39, 0.29) is 11.1 Å². The van der Waals surface area contributed by atoms with E-state index in [2.05, 4.69) is 4.74 Å². The standard InChI is InChI=1S/C9H6N2O5/c1-16-9(13)8-5(4-10)2-6(11(14)15)3-7(8)12/h2-3,12H,1H3. The SMILES string of the molecule is COC(=O)c1c(O)cc([N+](=O)[O-])cc1C#N. The second-order valence-corrected chi connectivity index (χ2v) is 2.75.